The lowest BCUT2D eigenvalue weighted by atomic mass is 10.1. The first-order chi connectivity index (χ1) is 12.2. The van der Waals surface area contributed by atoms with Crippen molar-refractivity contribution in [2.24, 2.45) is 0 Å². The lowest BCUT2D eigenvalue weighted by molar-refractivity contribution is 0.770. The Hall–Kier alpha value is -1.89. The van der Waals surface area contributed by atoms with Crippen LogP contribution in [0.25, 0.3) is 0 Å². The van der Waals surface area contributed by atoms with Crippen molar-refractivity contribution in [3.63, 3.8) is 0 Å². The zero-order valence-corrected chi connectivity index (χ0v) is 15.6. The third-order valence-electron chi connectivity index (χ3n) is 4.83. The third-order valence-corrected chi connectivity index (χ3v) is 6.00. The largest absolute Gasteiger partial charge is 0.366 e. The molecule has 25 heavy (non-hydrogen) atoms. The number of nitrogens with one attached hydrogen (secondary N) is 1. The van der Waals surface area contributed by atoms with E-state index >= 15 is 0 Å². The van der Waals surface area contributed by atoms with E-state index in [9.17, 15) is 0 Å². The Bertz CT molecular complexity index is 742. The molecule has 0 spiro atoms. The summed E-state index contributed by atoms with van der Waals surface area (Å²) in [4.78, 5) is 11.8. The summed E-state index contributed by atoms with van der Waals surface area (Å²) in [6.45, 7) is 5.79. The highest BCUT2D eigenvalue weighted by atomic mass is 32.2. The molecular weight excluding hydrogens is 332 g/mol. The first-order valence-corrected chi connectivity index (χ1v) is 10.1. The van der Waals surface area contributed by atoms with Crippen LogP contribution >= 0.6 is 11.8 Å². The average molecular weight is 356 g/mol. The number of aryl methyl sites for hydroxylation is 2. The van der Waals surface area contributed by atoms with Crippen LogP contribution < -0.4 is 10.2 Å². The zero-order chi connectivity index (χ0) is 17.2. The second kappa shape index (κ2) is 7.15. The molecule has 2 aliphatic rings. The summed E-state index contributed by atoms with van der Waals surface area (Å²) in [6.07, 6.45) is 3.07. The Morgan fingerprint density at radius 3 is 2.76 bits per heavy atom. The van der Waals surface area contributed by atoms with Gasteiger partial charge in [0.25, 0.3) is 0 Å². The standard InChI is InChI=1S/C18H24N6S/c1-12-3-4-17(23-22-12)24-8-5-15-16(6-9-24)19-13(2)20-18(15)21-14-7-10-25-11-14/h3-4,14H,5-11H2,1-2H3,(H,19,20,21)/t14-/m1/s1. The first kappa shape index (κ1) is 16.6. The summed E-state index contributed by atoms with van der Waals surface area (Å²) in [5.41, 5.74) is 3.41. The molecule has 2 aromatic heterocycles. The fourth-order valence-corrected chi connectivity index (χ4v) is 4.63. The van der Waals surface area contributed by atoms with Crippen molar-refractivity contribution < 1.29 is 0 Å². The van der Waals surface area contributed by atoms with Gasteiger partial charge < -0.3 is 10.2 Å². The van der Waals surface area contributed by atoms with Gasteiger partial charge in [0.2, 0.25) is 0 Å². The van der Waals surface area contributed by atoms with Crippen LogP contribution in [-0.2, 0) is 12.8 Å². The van der Waals surface area contributed by atoms with Crippen LogP contribution in [-0.4, -0.2) is 50.8 Å². The summed E-state index contributed by atoms with van der Waals surface area (Å²) in [5, 5.41) is 12.2. The van der Waals surface area contributed by atoms with Gasteiger partial charge in [0.15, 0.2) is 5.82 Å². The molecule has 0 unspecified atom stereocenters. The van der Waals surface area contributed by atoms with Gasteiger partial charge in [0, 0.05) is 36.9 Å². The molecule has 2 aromatic rings. The predicted molar refractivity (Wildman–Crippen MR) is 103 cm³/mol. The molecular formula is C18H24N6S. The van der Waals surface area contributed by atoms with Gasteiger partial charge in [-0.05, 0) is 44.6 Å². The second-order valence-corrected chi connectivity index (χ2v) is 7.92. The van der Waals surface area contributed by atoms with Crippen molar-refractivity contribution in [3.05, 3.63) is 34.9 Å². The van der Waals surface area contributed by atoms with E-state index in [4.69, 9.17) is 9.97 Å². The molecule has 6 nitrogen and oxygen atoms in total. The van der Waals surface area contributed by atoms with Crippen LogP contribution in [0.15, 0.2) is 12.1 Å². The number of nitrogens with zero attached hydrogens (tertiary/aromatic N) is 5. The van der Waals surface area contributed by atoms with Gasteiger partial charge in [-0.25, -0.2) is 9.97 Å². The number of hydrogen-bond donors (Lipinski definition) is 1. The van der Waals surface area contributed by atoms with Crippen molar-refractivity contribution in [2.45, 2.75) is 39.2 Å². The molecule has 132 valence electrons. The van der Waals surface area contributed by atoms with Crippen molar-refractivity contribution >= 4 is 23.4 Å². The van der Waals surface area contributed by atoms with Gasteiger partial charge in [-0.2, -0.15) is 16.9 Å². The zero-order valence-electron chi connectivity index (χ0n) is 14.8. The maximum Gasteiger partial charge on any atom is 0.151 e. The smallest absolute Gasteiger partial charge is 0.151 e. The summed E-state index contributed by atoms with van der Waals surface area (Å²) in [6, 6.07) is 4.62. The normalized spacial score (nSPS) is 20.2. The van der Waals surface area contributed by atoms with Crippen LogP contribution in [0.4, 0.5) is 11.6 Å². The van der Waals surface area contributed by atoms with Crippen molar-refractivity contribution in [2.75, 3.05) is 34.8 Å². The van der Waals surface area contributed by atoms with E-state index in [-0.39, 0.29) is 0 Å². The lowest BCUT2D eigenvalue weighted by Gasteiger charge is -2.20. The second-order valence-electron chi connectivity index (χ2n) is 6.77. The maximum atomic E-state index is 4.73. The van der Waals surface area contributed by atoms with Crippen LogP contribution in [0, 0.1) is 13.8 Å². The fourth-order valence-electron chi connectivity index (χ4n) is 3.47. The minimum absolute atomic E-state index is 0.533. The molecule has 0 aromatic carbocycles. The van der Waals surface area contributed by atoms with E-state index in [1.807, 2.05) is 31.7 Å². The predicted octanol–water partition coefficient (Wildman–Crippen LogP) is 2.41. The van der Waals surface area contributed by atoms with Gasteiger partial charge >= 0.3 is 0 Å². The van der Waals surface area contributed by atoms with Crippen molar-refractivity contribution in [3.8, 4) is 0 Å². The number of thioether (sulfide) groups is 1. The number of rotatable bonds is 3. The van der Waals surface area contributed by atoms with Crippen molar-refractivity contribution in [1.29, 1.82) is 0 Å². The topological polar surface area (TPSA) is 66.8 Å². The van der Waals surface area contributed by atoms with E-state index in [0.29, 0.717) is 6.04 Å². The minimum atomic E-state index is 0.533. The molecule has 1 N–H and O–H groups in total. The first-order valence-electron chi connectivity index (χ1n) is 8.95. The number of anilines is 2. The van der Waals surface area contributed by atoms with Crippen LogP contribution in [0.5, 0.6) is 0 Å². The molecule has 0 radical (unpaired) electrons. The minimum Gasteiger partial charge on any atom is -0.366 e. The highest BCUT2D eigenvalue weighted by Crippen LogP contribution is 2.26. The summed E-state index contributed by atoms with van der Waals surface area (Å²) in [5.74, 6) is 5.26. The van der Waals surface area contributed by atoms with E-state index < -0.39 is 0 Å². The van der Waals surface area contributed by atoms with Gasteiger partial charge in [-0.3, -0.25) is 0 Å². The Morgan fingerprint density at radius 1 is 1.12 bits per heavy atom. The Labute approximate surface area is 152 Å². The van der Waals surface area contributed by atoms with Crippen molar-refractivity contribution in [1.82, 2.24) is 20.2 Å². The van der Waals surface area contributed by atoms with Gasteiger partial charge in [0.1, 0.15) is 11.6 Å². The molecule has 0 amide bonds. The summed E-state index contributed by atoms with van der Waals surface area (Å²) < 4.78 is 0. The molecule has 7 heteroatoms. The molecule has 4 heterocycles. The quantitative estimate of drug-likeness (QED) is 0.906. The van der Waals surface area contributed by atoms with E-state index in [1.54, 1.807) is 0 Å². The highest BCUT2D eigenvalue weighted by molar-refractivity contribution is 7.99. The molecule has 0 bridgehead atoms. The molecule has 0 aliphatic carbocycles. The summed E-state index contributed by atoms with van der Waals surface area (Å²) >= 11 is 2.02. The van der Waals surface area contributed by atoms with Crippen LogP contribution in [0.3, 0.4) is 0 Å². The van der Waals surface area contributed by atoms with E-state index in [2.05, 4.69) is 26.5 Å². The molecule has 2 aliphatic heterocycles. The van der Waals surface area contributed by atoms with Crippen LogP contribution in [0.2, 0.25) is 0 Å². The summed E-state index contributed by atoms with van der Waals surface area (Å²) in [7, 11) is 0. The number of fused-ring (bicyclic) bond motifs is 1. The lowest BCUT2D eigenvalue weighted by Crippen LogP contribution is -2.27. The number of hydrogen-bond acceptors (Lipinski definition) is 7. The SMILES string of the molecule is Cc1ccc(N2CCc3nc(C)nc(N[C@@H]4CCSC4)c3CC2)nn1. The molecule has 1 fully saturated rings. The Kier molecular flexibility index (Phi) is 4.74. The molecule has 4 rings (SSSR count). The monoisotopic (exact) mass is 356 g/mol. The average Bonchev–Trinajstić information content (AvgIpc) is 3.01. The van der Waals surface area contributed by atoms with E-state index in [0.717, 1.165) is 49.1 Å². The maximum absolute atomic E-state index is 4.73. The van der Waals surface area contributed by atoms with Crippen LogP contribution in [0.1, 0.15) is 29.2 Å². The van der Waals surface area contributed by atoms with Gasteiger partial charge in [-0.15, -0.1) is 5.10 Å². The third kappa shape index (κ3) is 3.71. The molecule has 1 saturated heterocycles. The highest BCUT2D eigenvalue weighted by Gasteiger charge is 2.23. The van der Waals surface area contributed by atoms with Gasteiger partial charge in [-0.1, -0.05) is 0 Å². The number of aromatic nitrogens is 4. The van der Waals surface area contributed by atoms with E-state index in [1.165, 1.54) is 29.2 Å². The molecule has 0 saturated carbocycles. The fraction of sp³-hybridized carbons (Fsp3) is 0.556. The van der Waals surface area contributed by atoms with Gasteiger partial charge in [0.05, 0.1) is 11.4 Å². The Balaban J connectivity index is 1.56. The Morgan fingerprint density at radius 2 is 2.00 bits per heavy atom. The molecule has 1 atom stereocenters.